The second kappa shape index (κ2) is 7.51. The molecule has 0 unspecified atom stereocenters. The molecule has 0 aromatic rings. The Morgan fingerprint density at radius 2 is 1.16 bits per heavy atom. The highest BCUT2D eigenvalue weighted by atomic mass is 16.4. The van der Waals surface area contributed by atoms with Crippen molar-refractivity contribution in [2.24, 2.45) is 10.8 Å². The maximum atomic E-state index is 11.7. The van der Waals surface area contributed by atoms with Crippen molar-refractivity contribution in [3.8, 4) is 0 Å². The fourth-order valence-electron chi connectivity index (χ4n) is 3.07. The lowest BCUT2D eigenvalue weighted by Gasteiger charge is -2.38. The van der Waals surface area contributed by atoms with Gasteiger partial charge in [0.05, 0.1) is 10.8 Å². The zero-order chi connectivity index (χ0) is 15.1. The number of aliphatic carboxylic acids is 2. The smallest absolute Gasteiger partial charge is 0.309 e. The van der Waals surface area contributed by atoms with Gasteiger partial charge < -0.3 is 10.2 Å². The third-order valence-corrected chi connectivity index (χ3v) is 4.39. The van der Waals surface area contributed by atoms with Gasteiger partial charge in [-0.3, -0.25) is 9.59 Å². The van der Waals surface area contributed by atoms with E-state index in [0.29, 0.717) is 25.7 Å². The van der Waals surface area contributed by atoms with E-state index in [1.165, 1.54) is 0 Å². The van der Waals surface area contributed by atoms with Crippen LogP contribution < -0.4 is 0 Å². The first-order valence-corrected chi connectivity index (χ1v) is 7.31. The number of carbonyl (C=O) groups is 2. The van der Waals surface area contributed by atoms with Gasteiger partial charge in [-0.2, -0.15) is 0 Å². The molecule has 0 radical (unpaired) electrons. The van der Waals surface area contributed by atoms with Crippen LogP contribution in [-0.2, 0) is 9.59 Å². The Hall–Kier alpha value is -1.06. The quantitative estimate of drug-likeness (QED) is 0.631. The minimum Gasteiger partial charge on any atom is -0.481 e. The van der Waals surface area contributed by atoms with Crippen LogP contribution in [0.15, 0.2) is 0 Å². The van der Waals surface area contributed by atoms with Crippen LogP contribution in [0.1, 0.15) is 72.6 Å². The van der Waals surface area contributed by atoms with Crippen LogP contribution in [0.5, 0.6) is 0 Å². The molecular weight excluding hydrogens is 244 g/mol. The molecule has 0 aliphatic heterocycles. The van der Waals surface area contributed by atoms with Gasteiger partial charge in [-0.25, -0.2) is 0 Å². The van der Waals surface area contributed by atoms with Crippen molar-refractivity contribution in [1.29, 1.82) is 0 Å². The summed E-state index contributed by atoms with van der Waals surface area (Å²) >= 11 is 0. The fourth-order valence-corrected chi connectivity index (χ4v) is 3.07. The molecule has 19 heavy (non-hydrogen) atoms. The van der Waals surface area contributed by atoms with Crippen molar-refractivity contribution in [2.45, 2.75) is 72.6 Å². The van der Waals surface area contributed by atoms with Crippen LogP contribution in [0.3, 0.4) is 0 Å². The molecule has 0 bridgehead atoms. The second-order valence-corrected chi connectivity index (χ2v) is 5.55. The molecule has 0 amide bonds. The highest BCUT2D eigenvalue weighted by Crippen LogP contribution is 2.45. The van der Waals surface area contributed by atoms with Crippen LogP contribution in [-0.4, -0.2) is 22.2 Å². The van der Waals surface area contributed by atoms with Gasteiger partial charge >= 0.3 is 11.9 Å². The first-order chi connectivity index (χ1) is 8.84. The van der Waals surface area contributed by atoms with E-state index in [4.69, 9.17) is 0 Å². The van der Waals surface area contributed by atoms with E-state index in [9.17, 15) is 19.8 Å². The van der Waals surface area contributed by atoms with Crippen LogP contribution in [0.25, 0.3) is 0 Å². The highest BCUT2D eigenvalue weighted by Gasteiger charge is 2.47. The number of hydrogen-bond acceptors (Lipinski definition) is 2. The van der Waals surface area contributed by atoms with E-state index in [-0.39, 0.29) is 6.42 Å². The summed E-state index contributed by atoms with van der Waals surface area (Å²) in [7, 11) is 0. The lowest BCUT2D eigenvalue weighted by molar-refractivity contribution is -0.159. The topological polar surface area (TPSA) is 74.6 Å². The molecule has 0 saturated heterocycles. The van der Waals surface area contributed by atoms with E-state index in [1.807, 2.05) is 27.7 Å². The van der Waals surface area contributed by atoms with E-state index < -0.39 is 22.8 Å². The fraction of sp³-hybridized carbons (Fsp3) is 0.867. The van der Waals surface area contributed by atoms with Crippen molar-refractivity contribution in [3.63, 3.8) is 0 Å². The Morgan fingerprint density at radius 3 is 1.37 bits per heavy atom. The number of hydrogen-bond donors (Lipinski definition) is 2. The Bertz CT molecular complexity index is 299. The number of rotatable bonds is 10. The summed E-state index contributed by atoms with van der Waals surface area (Å²) in [5.41, 5.74) is -1.81. The van der Waals surface area contributed by atoms with Crippen LogP contribution >= 0.6 is 0 Å². The summed E-state index contributed by atoms with van der Waals surface area (Å²) in [4.78, 5) is 23.3. The van der Waals surface area contributed by atoms with E-state index in [1.54, 1.807) is 0 Å². The molecule has 0 spiro atoms. The molecule has 4 nitrogen and oxygen atoms in total. The predicted molar refractivity (Wildman–Crippen MR) is 75.2 cm³/mol. The third kappa shape index (κ3) is 3.95. The molecule has 0 aliphatic rings. The standard InChI is InChI=1S/C15H28O4/c1-5-9-15(10-6-2,13(18)19)11-14(7-3,8-4)12(16)17/h5-11H2,1-4H3,(H,16,17)(H,18,19). The molecule has 0 aromatic heterocycles. The molecule has 2 N–H and O–H groups in total. The molecule has 4 heteroatoms. The van der Waals surface area contributed by atoms with Crippen molar-refractivity contribution in [2.75, 3.05) is 0 Å². The van der Waals surface area contributed by atoms with Gasteiger partial charge in [-0.05, 0) is 32.1 Å². The maximum Gasteiger partial charge on any atom is 0.309 e. The van der Waals surface area contributed by atoms with Crippen LogP contribution in [0.4, 0.5) is 0 Å². The monoisotopic (exact) mass is 272 g/mol. The molecule has 0 rings (SSSR count). The molecule has 0 heterocycles. The molecule has 0 saturated carbocycles. The SMILES string of the molecule is CCCC(CCC)(CC(CC)(CC)C(=O)O)C(=O)O. The summed E-state index contributed by atoms with van der Waals surface area (Å²) in [5.74, 6) is -1.71. The first-order valence-electron chi connectivity index (χ1n) is 7.31. The lowest BCUT2D eigenvalue weighted by atomic mass is 9.64. The summed E-state index contributed by atoms with van der Waals surface area (Å²) in [6.45, 7) is 7.58. The maximum absolute atomic E-state index is 11.7. The Morgan fingerprint density at radius 1 is 0.789 bits per heavy atom. The van der Waals surface area contributed by atoms with Gasteiger partial charge in [0.25, 0.3) is 0 Å². The minimum absolute atomic E-state index is 0.235. The minimum atomic E-state index is -0.914. The number of carboxylic acids is 2. The van der Waals surface area contributed by atoms with Gasteiger partial charge in [0.1, 0.15) is 0 Å². The first kappa shape index (κ1) is 17.9. The van der Waals surface area contributed by atoms with E-state index in [2.05, 4.69) is 0 Å². The van der Waals surface area contributed by atoms with E-state index >= 15 is 0 Å². The van der Waals surface area contributed by atoms with E-state index in [0.717, 1.165) is 12.8 Å². The van der Waals surface area contributed by atoms with Gasteiger partial charge in [0, 0.05) is 0 Å². The summed E-state index contributed by atoms with van der Waals surface area (Å²) in [6, 6.07) is 0. The normalized spacial score (nSPS) is 12.4. The van der Waals surface area contributed by atoms with Crippen molar-refractivity contribution >= 4 is 11.9 Å². The van der Waals surface area contributed by atoms with Crippen molar-refractivity contribution in [3.05, 3.63) is 0 Å². The third-order valence-electron chi connectivity index (χ3n) is 4.39. The Kier molecular flexibility index (Phi) is 7.09. The van der Waals surface area contributed by atoms with Crippen LogP contribution in [0.2, 0.25) is 0 Å². The predicted octanol–water partition coefficient (Wildman–Crippen LogP) is 3.94. The van der Waals surface area contributed by atoms with Crippen molar-refractivity contribution < 1.29 is 19.8 Å². The van der Waals surface area contributed by atoms with Crippen LogP contribution in [0, 0.1) is 10.8 Å². The zero-order valence-corrected chi connectivity index (χ0v) is 12.7. The Labute approximate surface area is 116 Å². The molecule has 0 fully saturated rings. The molecule has 0 atom stereocenters. The second-order valence-electron chi connectivity index (χ2n) is 5.55. The number of carboxylic acid groups (broad SMARTS) is 2. The molecule has 112 valence electrons. The molecular formula is C15H28O4. The molecule has 0 aromatic carbocycles. The summed E-state index contributed by atoms with van der Waals surface area (Å²) in [5, 5.41) is 19.1. The largest absolute Gasteiger partial charge is 0.481 e. The lowest BCUT2D eigenvalue weighted by Crippen LogP contribution is -2.41. The zero-order valence-electron chi connectivity index (χ0n) is 12.7. The summed E-state index contributed by atoms with van der Waals surface area (Å²) < 4.78 is 0. The average molecular weight is 272 g/mol. The van der Waals surface area contributed by atoms with Gasteiger partial charge in [0.15, 0.2) is 0 Å². The average Bonchev–Trinajstić information content (AvgIpc) is 2.35. The van der Waals surface area contributed by atoms with Gasteiger partial charge in [0.2, 0.25) is 0 Å². The molecule has 0 aliphatic carbocycles. The summed E-state index contributed by atoms with van der Waals surface area (Å²) in [6.07, 6.45) is 3.79. The van der Waals surface area contributed by atoms with Gasteiger partial charge in [-0.1, -0.05) is 40.5 Å². The van der Waals surface area contributed by atoms with Crippen molar-refractivity contribution in [1.82, 2.24) is 0 Å². The highest BCUT2D eigenvalue weighted by molar-refractivity contribution is 5.79. The van der Waals surface area contributed by atoms with Gasteiger partial charge in [-0.15, -0.1) is 0 Å². The Balaban J connectivity index is 5.49.